The lowest BCUT2D eigenvalue weighted by Gasteiger charge is -2.14. The van der Waals surface area contributed by atoms with Crippen LogP contribution in [0.3, 0.4) is 0 Å². The quantitative estimate of drug-likeness (QED) is 0.774. The molecule has 0 saturated carbocycles. The molecule has 1 amide bonds. The average Bonchev–Trinajstić information content (AvgIpc) is 2.30. The van der Waals surface area contributed by atoms with Crippen molar-refractivity contribution >= 4 is 12.7 Å². The predicted molar refractivity (Wildman–Crippen MR) is 76.6 cm³/mol. The number of methoxy groups -OCH3 is 1. The third-order valence-electron chi connectivity index (χ3n) is 1.78. The van der Waals surface area contributed by atoms with Gasteiger partial charge in [0, 0.05) is 7.11 Å². The third-order valence-corrected chi connectivity index (χ3v) is 1.78. The Morgan fingerprint density at radius 1 is 1.17 bits per heavy atom. The van der Waals surface area contributed by atoms with Crippen molar-refractivity contribution in [3.05, 3.63) is 0 Å². The maximum Gasteiger partial charge on any atom is 0.207 e. The Morgan fingerprint density at radius 3 is 1.72 bits per heavy atom. The monoisotopic (exact) mass is 261 g/mol. The Hall–Kier alpha value is -0.900. The van der Waals surface area contributed by atoms with Crippen LogP contribution in [0, 0.1) is 5.92 Å². The largest absolute Gasteiger partial charge is 0.379 e. The Morgan fingerprint density at radius 2 is 1.56 bits per heavy atom. The van der Waals surface area contributed by atoms with E-state index in [1.165, 1.54) is 0 Å². The second kappa shape index (κ2) is 14.2. The standard InChI is InChI=1S/C7H13NO2.C5H12O.C2H6/c1-6(2)3-7(4-9)8-5-10;1-5(2,3)6-4;1-2/h4-7H,3H2,1-2H3,(H,8,10);1-4H3;1-2H3. The Kier molecular flexibility index (Phi) is 17.5. The number of carbonyl (C=O) groups is 2. The van der Waals surface area contributed by atoms with Gasteiger partial charge in [-0.25, -0.2) is 0 Å². The first-order valence-electron chi connectivity index (χ1n) is 6.47. The average molecular weight is 261 g/mol. The highest BCUT2D eigenvalue weighted by Crippen LogP contribution is 2.02. The maximum atomic E-state index is 10.2. The first kappa shape index (κ1) is 22.3. The molecule has 0 aliphatic carbocycles. The minimum Gasteiger partial charge on any atom is -0.379 e. The molecular weight excluding hydrogens is 230 g/mol. The van der Waals surface area contributed by atoms with Gasteiger partial charge in [-0.2, -0.15) is 0 Å². The van der Waals surface area contributed by atoms with E-state index in [2.05, 4.69) is 5.32 Å². The van der Waals surface area contributed by atoms with Crippen molar-refractivity contribution in [1.82, 2.24) is 5.32 Å². The minimum absolute atomic E-state index is 0.0417. The van der Waals surface area contributed by atoms with E-state index in [4.69, 9.17) is 4.74 Å². The third kappa shape index (κ3) is 24.4. The first-order chi connectivity index (χ1) is 8.26. The van der Waals surface area contributed by atoms with Crippen LogP contribution >= 0.6 is 0 Å². The molecule has 0 bridgehead atoms. The van der Waals surface area contributed by atoms with Crippen LogP contribution in [0.1, 0.15) is 54.9 Å². The van der Waals surface area contributed by atoms with E-state index in [0.29, 0.717) is 18.7 Å². The fraction of sp³-hybridized carbons (Fsp3) is 0.857. The van der Waals surface area contributed by atoms with Gasteiger partial charge >= 0.3 is 0 Å². The van der Waals surface area contributed by atoms with Gasteiger partial charge in [0.2, 0.25) is 6.41 Å². The number of ether oxygens (including phenoxy) is 1. The van der Waals surface area contributed by atoms with Gasteiger partial charge in [-0.3, -0.25) is 4.79 Å². The summed E-state index contributed by atoms with van der Waals surface area (Å²) in [6, 6.07) is -0.308. The summed E-state index contributed by atoms with van der Waals surface area (Å²) in [7, 11) is 1.71. The van der Waals surface area contributed by atoms with Crippen LogP contribution in [0.5, 0.6) is 0 Å². The zero-order valence-electron chi connectivity index (χ0n) is 13.2. The van der Waals surface area contributed by atoms with Crippen LogP contribution in [0.15, 0.2) is 0 Å². The molecule has 0 spiro atoms. The molecule has 0 aromatic carbocycles. The summed E-state index contributed by atoms with van der Waals surface area (Å²) in [5, 5.41) is 2.42. The van der Waals surface area contributed by atoms with Crippen molar-refractivity contribution in [3.63, 3.8) is 0 Å². The highest BCUT2D eigenvalue weighted by molar-refractivity contribution is 5.63. The molecule has 0 aliphatic heterocycles. The molecule has 0 radical (unpaired) electrons. The van der Waals surface area contributed by atoms with Gasteiger partial charge in [0.1, 0.15) is 6.29 Å². The van der Waals surface area contributed by atoms with Crippen molar-refractivity contribution in [2.45, 2.75) is 66.5 Å². The second-order valence-electron chi connectivity index (χ2n) is 4.97. The number of rotatable bonds is 5. The summed E-state index contributed by atoms with van der Waals surface area (Å²) >= 11 is 0. The molecule has 4 heteroatoms. The lowest BCUT2D eigenvalue weighted by molar-refractivity contribution is -0.115. The smallest absolute Gasteiger partial charge is 0.207 e. The number of nitrogens with one attached hydrogen (secondary N) is 1. The van der Waals surface area contributed by atoms with E-state index < -0.39 is 0 Å². The summed E-state index contributed by atoms with van der Waals surface area (Å²) in [6.45, 7) is 14.1. The van der Waals surface area contributed by atoms with Crippen molar-refractivity contribution < 1.29 is 14.3 Å². The van der Waals surface area contributed by atoms with Gasteiger partial charge < -0.3 is 14.8 Å². The van der Waals surface area contributed by atoms with E-state index in [1.807, 2.05) is 48.5 Å². The molecule has 1 atom stereocenters. The summed E-state index contributed by atoms with van der Waals surface area (Å²) in [6.07, 6.45) is 2.03. The summed E-state index contributed by atoms with van der Waals surface area (Å²) in [5.41, 5.74) is 0.0417. The van der Waals surface area contributed by atoms with Gasteiger partial charge in [-0.15, -0.1) is 0 Å². The normalized spacial score (nSPS) is 11.4. The van der Waals surface area contributed by atoms with Crippen molar-refractivity contribution in [2.24, 2.45) is 5.92 Å². The molecule has 0 rings (SSSR count). The fourth-order valence-electron chi connectivity index (χ4n) is 0.758. The molecule has 1 unspecified atom stereocenters. The van der Waals surface area contributed by atoms with Crippen LogP contribution < -0.4 is 5.32 Å². The van der Waals surface area contributed by atoms with Gasteiger partial charge in [0.25, 0.3) is 0 Å². The SMILES string of the molecule is CC.CC(C)CC(C=O)NC=O.COC(C)(C)C. The number of hydrogen-bond acceptors (Lipinski definition) is 3. The van der Waals surface area contributed by atoms with Crippen molar-refractivity contribution in [2.75, 3.05) is 7.11 Å². The van der Waals surface area contributed by atoms with Gasteiger partial charge in [-0.05, 0) is 33.1 Å². The predicted octanol–water partition coefficient (Wildman–Crippen LogP) is 2.80. The number of hydrogen-bond donors (Lipinski definition) is 1. The zero-order valence-corrected chi connectivity index (χ0v) is 13.2. The fourth-order valence-corrected chi connectivity index (χ4v) is 0.758. The second-order valence-corrected chi connectivity index (χ2v) is 4.97. The molecule has 18 heavy (non-hydrogen) atoms. The van der Waals surface area contributed by atoms with Crippen LogP contribution in [0.4, 0.5) is 0 Å². The van der Waals surface area contributed by atoms with Crippen molar-refractivity contribution in [3.8, 4) is 0 Å². The zero-order chi connectivity index (χ0) is 15.2. The number of aldehydes is 1. The molecule has 0 aromatic rings. The topological polar surface area (TPSA) is 55.4 Å². The van der Waals surface area contributed by atoms with E-state index in [-0.39, 0.29) is 11.6 Å². The van der Waals surface area contributed by atoms with Crippen LogP contribution in [-0.4, -0.2) is 31.4 Å². The first-order valence-corrected chi connectivity index (χ1v) is 6.47. The molecule has 0 saturated heterocycles. The van der Waals surface area contributed by atoms with Gasteiger partial charge in [0.05, 0.1) is 11.6 Å². The Labute approximate surface area is 112 Å². The van der Waals surface area contributed by atoms with E-state index in [0.717, 1.165) is 6.29 Å². The number of carbonyl (C=O) groups excluding carboxylic acids is 2. The van der Waals surface area contributed by atoms with Gasteiger partial charge in [-0.1, -0.05) is 27.7 Å². The molecule has 1 N–H and O–H groups in total. The highest BCUT2D eigenvalue weighted by atomic mass is 16.5. The molecular formula is C14H31NO3. The molecule has 110 valence electrons. The molecule has 0 heterocycles. The summed E-state index contributed by atoms with van der Waals surface area (Å²) in [4.78, 5) is 20.1. The van der Waals surface area contributed by atoms with E-state index >= 15 is 0 Å². The van der Waals surface area contributed by atoms with Crippen molar-refractivity contribution in [1.29, 1.82) is 0 Å². The van der Waals surface area contributed by atoms with Crippen LogP contribution in [-0.2, 0) is 14.3 Å². The molecule has 0 aromatic heterocycles. The maximum absolute atomic E-state index is 10.2. The summed E-state index contributed by atoms with van der Waals surface area (Å²) in [5.74, 6) is 0.433. The molecule has 4 nitrogen and oxygen atoms in total. The lowest BCUT2D eigenvalue weighted by Crippen LogP contribution is -2.30. The number of amides is 1. The van der Waals surface area contributed by atoms with E-state index in [9.17, 15) is 9.59 Å². The van der Waals surface area contributed by atoms with E-state index in [1.54, 1.807) is 7.11 Å². The Balaban J connectivity index is -0.000000241. The van der Waals surface area contributed by atoms with Crippen LogP contribution in [0.25, 0.3) is 0 Å². The lowest BCUT2D eigenvalue weighted by atomic mass is 10.1. The van der Waals surface area contributed by atoms with Gasteiger partial charge in [0.15, 0.2) is 0 Å². The van der Waals surface area contributed by atoms with Crippen LogP contribution in [0.2, 0.25) is 0 Å². The Bertz CT molecular complexity index is 186. The molecule has 0 aliphatic rings. The summed E-state index contributed by atoms with van der Waals surface area (Å²) < 4.78 is 4.94. The molecule has 0 fully saturated rings. The minimum atomic E-state index is -0.308. The highest BCUT2D eigenvalue weighted by Gasteiger charge is 2.06.